The minimum atomic E-state index is -0.963. The second kappa shape index (κ2) is 12.5. The fourth-order valence-corrected chi connectivity index (χ4v) is 7.11. The molecule has 0 spiro atoms. The van der Waals surface area contributed by atoms with Crippen molar-refractivity contribution in [3.8, 4) is 17.2 Å². The molecule has 10 nitrogen and oxygen atoms in total. The second-order valence-electron chi connectivity index (χ2n) is 10.5. The summed E-state index contributed by atoms with van der Waals surface area (Å²) in [5.41, 5.74) is 3.09. The number of halogens is 1. The molecule has 2 aliphatic heterocycles. The first-order valence-electron chi connectivity index (χ1n) is 14.4. The number of carbonyl (C=O) groups is 2. The number of benzene rings is 3. The summed E-state index contributed by atoms with van der Waals surface area (Å²) in [4.78, 5) is 48.8. The normalized spacial score (nSPS) is 16.5. The van der Waals surface area contributed by atoms with Gasteiger partial charge in [-0.2, -0.15) is 0 Å². The lowest BCUT2D eigenvalue weighted by atomic mass is 9.95. The minimum absolute atomic E-state index is 0.126. The Labute approximate surface area is 273 Å². The van der Waals surface area contributed by atoms with Crippen LogP contribution in [0.15, 0.2) is 81.7 Å². The highest BCUT2D eigenvalue weighted by Crippen LogP contribution is 2.43. The predicted molar refractivity (Wildman–Crippen MR) is 175 cm³/mol. The Balaban J connectivity index is 1.60. The van der Waals surface area contributed by atoms with Crippen molar-refractivity contribution in [1.29, 1.82) is 0 Å². The molecule has 0 N–H and O–H groups in total. The lowest BCUT2D eigenvalue weighted by Gasteiger charge is -2.26. The first-order chi connectivity index (χ1) is 22.2. The van der Waals surface area contributed by atoms with Crippen LogP contribution in [0.25, 0.3) is 5.57 Å². The Kier molecular flexibility index (Phi) is 8.45. The molecule has 1 unspecified atom stereocenters. The number of ether oxygens (including phenoxy) is 4. The fourth-order valence-electron chi connectivity index (χ4n) is 5.85. The molecular weight excluding hydrogens is 630 g/mol. The van der Waals surface area contributed by atoms with Crippen LogP contribution in [0.3, 0.4) is 0 Å². The molecule has 4 aromatic rings. The number of fused-ring (bicyclic) bond motifs is 2. The Morgan fingerprint density at radius 1 is 0.978 bits per heavy atom. The number of amides is 1. The van der Waals surface area contributed by atoms with Gasteiger partial charge in [0.05, 0.1) is 63.1 Å². The van der Waals surface area contributed by atoms with Crippen LogP contribution in [0.2, 0.25) is 5.02 Å². The Morgan fingerprint density at radius 3 is 2.28 bits per heavy atom. The maximum atomic E-state index is 14.6. The molecule has 2 aliphatic rings. The van der Waals surface area contributed by atoms with Crippen molar-refractivity contribution in [2.75, 3.05) is 32.8 Å². The number of rotatable bonds is 8. The molecule has 46 heavy (non-hydrogen) atoms. The van der Waals surface area contributed by atoms with Gasteiger partial charge >= 0.3 is 5.97 Å². The van der Waals surface area contributed by atoms with Gasteiger partial charge in [-0.1, -0.05) is 53.3 Å². The third-order valence-corrected chi connectivity index (χ3v) is 9.20. The zero-order valence-electron chi connectivity index (χ0n) is 25.8. The van der Waals surface area contributed by atoms with Crippen LogP contribution in [0, 0.1) is 0 Å². The van der Waals surface area contributed by atoms with E-state index in [2.05, 4.69) is 4.99 Å². The van der Waals surface area contributed by atoms with Crippen LogP contribution in [0.5, 0.6) is 17.2 Å². The van der Waals surface area contributed by atoms with Crippen molar-refractivity contribution in [1.82, 2.24) is 4.57 Å². The molecule has 12 heteroatoms. The van der Waals surface area contributed by atoms with Gasteiger partial charge in [-0.25, -0.2) is 9.79 Å². The topological polar surface area (TPSA) is 109 Å². The number of methoxy groups -OCH3 is 3. The first-order valence-corrected chi connectivity index (χ1v) is 15.6. The molecule has 1 amide bonds. The number of esters is 1. The van der Waals surface area contributed by atoms with Crippen LogP contribution in [0.4, 0.5) is 5.69 Å². The SMILES string of the molecule is CCOC(=O)C1=C(C)N=c2s/c(=C3/C(=O)N(Cc4ccc(Cl)cc4)c4ccccc43)c(=O)n2C1c1cc(OC)c(OC)c(OC)c1. The van der Waals surface area contributed by atoms with E-state index in [1.807, 2.05) is 36.4 Å². The van der Waals surface area contributed by atoms with E-state index in [-0.39, 0.29) is 34.7 Å². The number of nitrogens with zero attached hydrogens (tertiary/aromatic N) is 3. The first kappa shape index (κ1) is 31.1. The van der Waals surface area contributed by atoms with E-state index < -0.39 is 17.6 Å². The lowest BCUT2D eigenvalue weighted by molar-refractivity contribution is -0.139. The van der Waals surface area contributed by atoms with Crippen LogP contribution in [-0.4, -0.2) is 44.4 Å². The number of anilines is 1. The molecule has 1 aromatic heterocycles. The zero-order chi connectivity index (χ0) is 32.7. The van der Waals surface area contributed by atoms with Crippen molar-refractivity contribution >= 4 is 46.1 Å². The second-order valence-corrected chi connectivity index (χ2v) is 11.9. The largest absolute Gasteiger partial charge is 0.493 e. The van der Waals surface area contributed by atoms with Crippen molar-refractivity contribution in [3.63, 3.8) is 0 Å². The van der Waals surface area contributed by atoms with Gasteiger partial charge in [0.15, 0.2) is 16.3 Å². The summed E-state index contributed by atoms with van der Waals surface area (Å²) in [6, 6.07) is 17.1. The Hall–Kier alpha value is -4.87. The van der Waals surface area contributed by atoms with Crippen molar-refractivity contribution in [3.05, 3.63) is 113 Å². The number of aromatic nitrogens is 1. The summed E-state index contributed by atoms with van der Waals surface area (Å²) in [6.45, 7) is 3.82. The standard InChI is InChI=1S/C34H30ClN3O7S/c1-6-45-33(41)26-18(2)36-34-38(28(26)20-15-24(42-3)29(44-5)25(16-20)43-4)32(40)30(46-34)27-22-9-7-8-10-23(22)37(31(27)39)17-19-11-13-21(35)14-12-19/h7-16,28H,6,17H2,1-5H3/b30-27+. The number of hydrogen-bond donors (Lipinski definition) is 0. The average molecular weight is 660 g/mol. The molecule has 0 saturated heterocycles. The molecule has 6 rings (SSSR count). The smallest absolute Gasteiger partial charge is 0.338 e. The quantitative estimate of drug-likeness (QED) is 0.258. The molecular formula is C34H30ClN3O7S. The summed E-state index contributed by atoms with van der Waals surface area (Å²) in [5, 5.41) is 0.595. The van der Waals surface area contributed by atoms with Crippen LogP contribution >= 0.6 is 22.9 Å². The van der Waals surface area contributed by atoms with Crippen LogP contribution in [-0.2, 0) is 20.9 Å². The van der Waals surface area contributed by atoms with Crippen molar-refractivity contribution < 1.29 is 28.5 Å². The van der Waals surface area contributed by atoms with Gasteiger partial charge in [-0.15, -0.1) is 0 Å². The Morgan fingerprint density at radius 2 is 1.65 bits per heavy atom. The lowest BCUT2D eigenvalue weighted by Crippen LogP contribution is -2.41. The van der Waals surface area contributed by atoms with E-state index in [9.17, 15) is 14.4 Å². The number of thiazole rings is 1. The summed E-state index contributed by atoms with van der Waals surface area (Å²) in [5.74, 6) is 0.120. The predicted octanol–water partition coefficient (Wildman–Crippen LogP) is 4.39. The van der Waals surface area contributed by atoms with Crippen LogP contribution in [0.1, 0.15) is 36.6 Å². The van der Waals surface area contributed by atoms with Gasteiger partial charge in [-0.3, -0.25) is 14.2 Å². The summed E-state index contributed by atoms with van der Waals surface area (Å²) < 4.78 is 23.8. The van der Waals surface area contributed by atoms with E-state index in [4.69, 9.17) is 30.5 Å². The molecule has 236 valence electrons. The van der Waals surface area contributed by atoms with Crippen LogP contribution < -0.4 is 34.0 Å². The van der Waals surface area contributed by atoms with E-state index >= 15 is 0 Å². The maximum Gasteiger partial charge on any atom is 0.338 e. The highest BCUT2D eigenvalue weighted by atomic mass is 35.5. The molecule has 0 radical (unpaired) electrons. The van der Waals surface area contributed by atoms with E-state index in [0.717, 1.165) is 16.9 Å². The van der Waals surface area contributed by atoms with E-state index in [1.54, 1.807) is 43.0 Å². The summed E-state index contributed by atoms with van der Waals surface area (Å²) in [6.07, 6.45) is 0. The van der Waals surface area contributed by atoms with Gasteiger partial charge in [0.1, 0.15) is 4.53 Å². The fraction of sp³-hybridized carbons (Fsp3) is 0.235. The van der Waals surface area contributed by atoms with E-state index in [0.29, 0.717) is 49.6 Å². The number of hydrogen-bond acceptors (Lipinski definition) is 9. The summed E-state index contributed by atoms with van der Waals surface area (Å²) in [7, 11) is 4.46. The molecule has 0 bridgehead atoms. The molecule has 0 saturated carbocycles. The van der Waals surface area contributed by atoms with Gasteiger partial charge in [0.25, 0.3) is 11.5 Å². The molecule has 1 atom stereocenters. The monoisotopic (exact) mass is 659 g/mol. The van der Waals surface area contributed by atoms with Gasteiger partial charge in [0.2, 0.25) is 5.75 Å². The summed E-state index contributed by atoms with van der Waals surface area (Å²) >= 11 is 7.19. The molecule has 3 aromatic carbocycles. The van der Waals surface area contributed by atoms with Crippen molar-refractivity contribution in [2.45, 2.75) is 26.4 Å². The van der Waals surface area contributed by atoms with Gasteiger partial charge in [0, 0.05) is 10.6 Å². The minimum Gasteiger partial charge on any atom is -0.493 e. The maximum absolute atomic E-state index is 14.6. The zero-order valence-corrected chi connectivity index (χ0v) is 27.3. The molecule has 0 aliphatic carbocycles. The molecule has 0 fully saturated rings. The third kappa shape index (κ3) is 5.15. The molecule has 3 heterocycles. The van der Waals surface area contributed by atoms with Gasteiger partial charge < -0.3 is 23.8 Å². The average Bonchev–Trinajstić information content (AvgIpc) is 3.52. The van der Waals surface area contributed by atoms with Crippen molar-refractivity contribution in [2.24, 2.45) is 4.99 Å². The highest BCUT2D eigenvalue weighted by Gasteiger charge is 2.38. The number of allylic oxidation sites excluding steroid dienone is 1. The third-order valence-electron chi connectivity index (χ3n) is 7.90. The number of para-hydroxylation sites is 1. The van der Waals surface area contributed by atoms with Gasteiger partial charge in [-0.05, 0) is 55.3 Å². The highest BCUT2D eigenvalue weighted by molar-refractivity contribution is 7.07. The Bertz CT molecular complexity index is 2070. The number of carbonyl (C=O) groups excluding carboxylic acids is 2. The van der Waals surface area contributed by atoms with E-state index in [1.165, 1.54) is 25.9 Å².